The first-order chi connectivity index (χ1) is 8.29. The Morgan fingerprint density at radius 1 is 0.824 bits per heavy atom. The first-order valence-electron chi connectivity index (χ1n) is 6.79. The number of fused-ring (bicyclic) bond motifs is 1. The first kappa shape index (κ1) is 12.2. The molecule has 0 aliphatic rings. The molecule has 0 N–H and O–H groups in total. The average Bonchev–Trinajstić information content (AvgIpc) is 2.34. The van der Waals surface area contributed by atoms with Gasteiger partial charge in [-0.2, -0.15) is 0 Å². The number of hydrogen-bond donors (Lipinski definition) is 0. The maximum Gasteiger partial charge on any atom is -0.0179 e. The molecule has 0 saturated carbocycles. The molecule has 0 heteroatoms. The Balaban J connectivity index is 2.08. The average molecular weight is 226 g/mol. The Morgan fingerprint density at radius 2 is 1.65 bits per heavy atom. The number of aryl methyl sites for hydroxylation is 2. The van der Waals surface area contributed by atoms with Gasteiger partial charge in [-0.1, -0.05) is 68.1 Å². The molecule has 0 aliphatic heterocycles. The molecular weight excluding hydrogens is 204 g/mol. The second-order valence-corrected chi connectivity index (χ2v) is 5.00. The molecule has 0 saturated heterocycles. The van der Waals surface area contributed by atoms with E-state index in [1.807, 2.05) is 0 Å². The smallest absolute Gasteiger partial charge is 0.0179 e. The van der Waals surface area contributed by atoms with Crippen molar-refractivity contribution in [1.82, 2.24) is 0 Å². The third kappa shape index (κ3) is 3.33. The molecule has 17 heavy (non-hydrogen) atoms. The molecule has 2 rings (SSSR count). The lowest BCUT2D eigenvalue weighted by Gasteiger charge is -2.04. The molecular formula is C17H22. The highest BCUT2D eigenvalue weighted by molar-refractivity contribution is 5.83. The summed E-state index contributed by atoms with van der Waals surface area (Å²) >= 11 is 0. The molecule has 0 aliphatic carbocycles. The normalized spacial score (nSPS) is 10.9. The van der Waals surface area contributed by atoms with E-state index in [4.69, 9.17) is 0 Å². The van der Waals surface area contributed by atoms with Gasteiger partial charge < -0.3 is 0 Å². The summed E-state index contributed by atoms with van der Waals surface area (Å²) < 4.78 is 0. The topological polar surface area (TPSA) is 0 Å². The van der Waals surface area contributed by atoms with Gasteiger partial charge in [0.05, 0.1) is 0 Å². The van der Waals surface area contributed by atoms with Crippen LogP contribution >= 0.6 is 0 Å². The van der Waals surface area contributed by atoms with Crippen molar-refractivity contribution in [3.05, 3.63) is 47.5 Å². The predicted molar refractivity (Wildman–Crippen MR) is 76.5 cm³/mol. The molecule has 0 unspecified atom stereocenters. The zero-order valence-corrected chi connectivity index (χ0v) is 11.0. The lowest BCUT2D eigenvalue weighted by molar-refractivity contribution is 0.667. The van der Waals surface area contributed by atoms with E-state index >= 15 is 0 Å². The highest BCUT2D eigenvalue weighted by Gasteiger charge is 1.97. The van der Waals surface area contributed by atoms with Crippen molar-refractivity contribution in [2.24, 2.45) is 0 Å². The Bertz CT molecular complexity index is 482. The van der Waals surface area contributed by atoms with E-state index in [1.165, 1.54) is 54.0 Å². The van der Waals surface area contributed by atoms with Crippen LogP contribution < -0.4 is 0 Å². The monoisotopic (exact) mass is 226 g/mol. The lowest BCUT2D eigenvalue weighted by atomic mass is 10.0. The van der Waals surface area contributed by atoms with Crippen molar-refractivity contribution in [3.8, 4) is 0 Å². The summed E-state index contributed by atoms with van der Waals surface area (Å²) in [5, 5.41) is 2.74. The second-order valence-electron chi connectivity index (χ2n) is 5.00. The first-order valence-corrected chi connectivity index (χ1v) is 6.79. The van der Waals surface area contributed by atoms with Crippen LogP contribution in [0.25, 0.3) is 10.8 Å². The van der Waals surface area contributed by atoms with Crippen molar-refractivity contribution in [2.45, 2.75) is 46.0 Å². The van der Waals surface area contributed by atoms with Gasteiger partial charge >= 0.3 is 0 Å². The molecule has 0 heterocycles. The van der Waals surface area contributed by atoms with E-state index in [0.29, 0.717) is 0 Å². The number of hydrogen-bond acceptors (Lipinski definition) is 0. The van der Waals surface area contributed by atoms with E-state index in [1.54, 1.807) is 0 Å². The Hall–Kier alpha value is -1.30. The molecule has 2 aromatic carbocycles. The van der Waals surface area contributed by atoms with Gasteiger partial charge in [0, 0.05) is 0 Å². The van der Waals surface area contributed by atoms with Gasteiger partial charge in [0.1, 0.15) is 0 Å². The summed E-state index contributed by atoms with van der Waals surface area (Å²) in [7, 11) is 0. The zero-order valence-electron chi connectivity index (χ0n) is 11.0. The van der Waals surface area contributed by atoms with E-state index in [9.17, 15) is 0 Å². The predicted octanol–water partition coefficient (Wildman–Crippen LogP) is 5.27. The van der Waals surface area contributed by atoms with E-state index < -0.39 is 0 Å². The van der Waals surface area contributed by atoms with Crippen LogP contribution in [0.15, 0.2) is 36.4 Å². The third-order valence-electron chi connectivity index (χ3n) is 3.38. The molecule has 0 nitrogen and oxygen atoms in total. The van der Waals surface area contributed by atoms with Gasteiger partial charge in [0.2, 0.25) is 0 Å². The van der Waals surface area contributed by atoms with Crippen LogP contribution in [0.2, 0.25) is 0 Å². The van der Waals surface area contributed by atoms with Crippen LogP contribution in [0.4, 0.5) is 0 Å². The number of rotatable bonds is 5. The molecule has 0 amide bonds. The van der Waals surface area contributed by atoms with Gasteiger partial charge in [0.15, 0.2) is 0 Å². The highest BCUT2D eigenvalue weighted by atomic mass is 14.0. The Kier molecular flexibility index (Phi) is 4.19. The van der Waals surface area contributed by atoms with Crippen molar-refractivity contribution in [1.29, 1.82) is 0 Å². The number of unbranched alkanes of at least 4 members (excludes halogenated alkanes) is 3. The molecule has 0 fully saturated rings. The van der Waals surface area contributed by atoms with Crippen LogP contribution in [-0.2, 0) is 6.42 Å². The molecule has 0 bridgehead atoms. The molecule has 0 spiro atoms. The summed E-state index contributed by atoms with van der Waals surface area (Å²) in [6.07, 6.45) is 6.60. The third-order valence-corrected chi connectivity index (χ3v) is 3.38. The molecule has 0 aromatic heterocycles. The van der Waals surface area contributed by atoms with Gasteiger partial charge in [-0.3, -0.25) is 0 Å². The largest absolute Gasteiger partial charge is 0.0654 e. The minimum absolute atomic E-state index is 1.23. The standard InChI is InChI=1S/C17H22/c1-3-4-5-6-7-15-9-11-16-10-8-14(2)12-17(16)13-15/h8-13H,3-7H2,1-2H3. The van der Waals surface area contributed by atoms with E-state index in [-0.39, 0.29) is 0 Å². The van der Waals surface area contributed by atoms with Crippen molar-refractivity contribution in [3.63, 3.8) is 0 Å². The van der Waals surface area contributed by atoms with Crippen molar-refractivity contribution < 1.29 is 0 Å². The van der Waals surface area contributed by atoms with E-state index in [0.717, 1.165) is 0 Å². The van der Waals surface area contributed by atoms with Gasteiger partial charge in [0.25, 0.3) is 0 Å². The maximum absolute atomic E-state index is 2.36. The minimum Gasteiger partial charge on any atom is -0.0654 e. The summed E-state index contributed by atoms with van der Waals surface area (Å²) in [5.41, 5.74) is 2.83. The van der Waals surface area contributed by atoms with Crippen LogP contribution in [0.1, 0.15) is 43.7 Å². The maximum atomic E-state index is 2.36. The van der Waals surface area contributed by atoms with Crippen LogP contribution in [-0.4, -0.2) is 0 Å². The second kappa shape index (κ2) is 5.86. The zero-order chi connectivity index (χ0) is 12.1. The Morgan fingerprint density at radius 3 is 2.47 bits per heavy atom. The molecule has 90 valence electrons. The van der Waals surface area contributed by atoms with Crippen LogP contribution in [0.5, 0.6) is 0 Å². The minimum atomic E-state index is 1.23. The molecule has 0 atom stereocenters. The fraction of sp³-hybridized carbons (Fsp3) is 0.412. The summed E-state index contributed by atoms with van der Waals surface area (Å²) in [4.78, 5) is 0. The number of benzene rings is 2. The van der Waals surface area contributed by atoms with Crippen LogP contribution in [0, 0.1) is 6.92 Å². The highest BCUT2D eigenvalue weighted by Crippen LogP contribution is 2.19. The van der Waals surface area contributed by atoms with Gasteiger partial charge in [-0.25, -0.2) is 0 Å². The lowest BCUT2D eigenvalue weighted by Crippen LogP contribution is -1.86. The fourth-order valence-electron chi connectivity index (χ4n) is 2.33. The fourth-order valence-corrected chi connectivity index (χ4v) is 2.33. The molecule has 0 radical (unpaired) electrons. The van der Waals surface area contributed by atoms with Gasteiger partial charge in [-0.15, -0.1) is 0 Å². The summed E-state index contributed by atoms with van der Waals surface area (Å²) in [6.45, 7) is 4.42. The summed E-state index contributed by atoms with van der Waals surface area (Å²) in [6, 6.07) is 13.6. The van der Waals surface area contributed by atoms with Crippen molar-refractivity contribution in [2.75, 3.05) is 0 Å². The summed E-state index contributed by atoms with van der Waals surface area (Å²) in [5.74, 6) is 0. The Labute approximate surface area is 105 Å². The van der Waals surface area contributed by atoms with Crippen LogP contribution in [0.3, 0.4) is 0 Å². The van der Waals surface area contributed by atoms with Gasteiger partial charge in [-0.05, 0) is 36.1 Å². The van der Waals surface area contributed by atoms with E-state index in [2.05, 4.69) is 50.2 Å². The quantitative estimate of drug-likeness (QED) is 0.609. The molecule has 2 aromatic rings. The van der Waals surface area contributed by atoms with Crippen molar-refractivity contribution >= 4 is 10.8 Å². The SMILES string of the molecule is CCCCCCc1ccc2ccc(C)cc2c1.